The molecule has 2 heterocycles. The lowest BCUT2D eigenvalue weighted by molar-refractivity contribution is -0.140. The van der Waals surface area contributed by atoms with Crippen LogP contribution >= 0.6 is 0 Å². The molecule has 0 aliphatic rings. The second kappa shape index (κ2) is 7.50. The number of amides is 1. The van der Waals surface area contributed by atoms with E-state index in [9.17, 15) is 14.7 Å². The molecule has 8 nitrogen and oxygen atoms in total. The van der Waals surface area contributed by atoms with Gasteiger partial charge in [0.2, 0.25) is 0 Å². The van der Waals surface area contributed by atoms with Gasteiger partial charge in [-0.25, -0.2) is 9.48 Å². The van der Waals surface area contributed by atoms with Gasteiger partial charge in [-0.05, 0) is 40.7 Å². The van der Waals surface area contributed by atoms with Crippen LogP contribution in [0.5, 0.6) is 0 Å². The first kappa shape index (κ1) is 18.7. The third kappa shape index (κ3) is 3.57. The minimum Gasteiger partial charge on any atom is -0.480 e. The average molecular weight is 347 g/mol. The molecule has 0 aliphatic carbocycles. The summed E-state index contributed by atoms with van der Waals surface area (Å²) in [6.45, 7) is 11.1. The van der Waals surface area contributed by atoms with Crippen molar-refractivity contribution >= 4 is 11.9 Å². The number of aromatic nitrogens is 4. The van der Waals surface area contributed by atoms with Crippen molar-refractivity contribution in [2.75, 3.05) is 6.54 Å². The van der Waals surface area contributed by atoms with E-state index < -0.39 is 12.0 Å². The van der Waals surface area contributed by atoms with Crippen molar-refractivity contribution in [1.82, 2.24) is 24.5 Å². The maximum absolute atomic E-state index is 12.9. The van der Waals surface area contributed by atoms with Gasteiger partial charge in [-0.2, -0.15) is 10.2 Å². The third-order valence-corrected chi connectivity index (χ3v) is 4.46. The van der Waals surface area contributed by atoms with Crippen molar-refractivity contribution in [1.29, 1.82) is 0 Å². The minimum absolute atomic E-state index is 0.240. The first-order chi connectivity index (χ1) is 11.8. The SMILES string of the molecule is CCN(Cc1c(C)nn(CC)c1C)C(=O)c1ccnn1C(C)C(=O)O. The van der Waals surface area contributed by atoms with Gasteiger partial charge in [0.25, 0.3) is 5.91 Å². The van der Waals surface area contributed by atoms with Crippen LogP contribution in [0.2, 0.25) is 0 Å². The van der Waals surface area contributed by atoms with Crippen molar-refractivity contribution in [3.63, 3.8) is 0 Å². The van der Waals surface area contributed by atoms with Gasteiger partial charge in [0, 0.05) is 37.1 Å². The van der Waals surface area contributed by atoms with E-state index in [1.165, 1.54) is 17.8 Å². The number of carboxylic acids is 1. The summed E-state index contributed by atoms with van der Waals surface area (Å²) in [6, 6.07) is 0.651. The molecule has 2 aromatic heterocycles. The number of nitrogens with zero attached hydrogens (tertiary/aromatic N) is 5. The number of carbonyl (C=O) groups excluding carboxylic acids is 1. The van der Waals surface area contributed by atoms with Gasteiger partial charge < -0.3 is 10.0 Å². The second-order valence-electron chi connectivity index (χ2n) is 5.96. The molecule has 0 aliphatic heterocycles. The summed E-state index contributed by atoms with van der Waals surface area (Å²) in [5.74, 6) is -1.27. The average Bonchev–Trinajstić information content (AvgIpc) is 3.17. The lowest BCUT2D eigenvalue weighted by Gasteiger charge is -2.22. The Hall–Kier alpha value is -2.64. The minimum atomic E-state index is -1.03. The molecule has 2 aromatic rings. The quantitative estimate of drug-likeness (QED) is 0.827. The molecule has 0 saturated carbocycles. The molecule has 0 saturated heterocycles. The number of aliphatic carboxylic acids is 1. The summed E-state index contributed by atoms with van der Waals surface area (Å²) in [4.78, 5) is 25.8. The molecule has 1 amide bonds. The molecule has 25 heavy (non-hydrogen) atoms. The van der Waals surface area contributed by atoms with Gasteiger partial charge >= 0.3 is 5.97 Å². The summed E-state index contributed by atoms with van der Waals surface area (Å²) in [6.07, 6.45) is 1.45. The Balaban J connectivity index is 2.30. The van der Waals surface area contributed by atoms with Gasteiger partial charge in [-0.15, -0.1) is 0 Å². The summed E-state index contributed by atoms with van der Waals surface area (Å²) in [7, 11) is 0. The van der Waals surface area contributed by atoms with E-state index in [4.69, 9.17) is 0 Å². The molecular formula is C17H25N5O3. The predicted molar refractivity (Wildman–Crippen MR) is 92.4 cm³/mol. The van der Waals surface area contributed by atoms with E-state index >= 15 is 0 Å². The molecule has 1 atom stereocenters. The Morgan fingerprint density at radius 3 is 2.52 bits per heavy atom. The van der Waals surface area contributed by atoms with Gasteiger partial charge in [0.05, 0.1) is 5.69 Å². The van der Waals surface area contributed by atoms with Crippen LogP contribution in [-0.4, -0.2) is 48.0 Å². The fourth-order valence-corrected chi connectivity index (χ4v) is 2.85. The largest absolute Gasteiger partial charge is 0.480 e. The zero-order valence-electron chi connectivity index (χ0n) is 15.4. The van der Waals surface area contributed by atoms with Crippen molar-refractivity contribution in [3.05, 3.63) is 34.9 Å². The third-order valence-electron chi connectivity index (χ3n) is 4.46. The summed E-state index contributed by atoms with van der Waals surface area (Å²) < 4.78 is 3.17. The highest BCUT2D eigenvalue weighted by Crippen LogP contribution is 2.18. The molecule has 0 spiro atoms. The van der Waals surface area contributed by atoms with Gasteiger partial charge in [0.1, 0.15) is 11.7 Å². The summed E-state index contributed by atoms with van der Waals surface area (Å²) in [5, 5.41) is 17.7. The number of hydrogen-bond acceptors (Lipinski definition) is 4. The van der Waals surface area contributed by atoms with Gasteiger partial charge in [-0.3, -0.25) is 9.48 Å². The van der Waals surface area contributed by atoms with Gasteiger partial charge in [-0.1, -0.05) is 0 Å². The number of rotatable bonds is 7. The zero-order valence-corrected chi connectivity index (χ0v) is 15.4. The zero-order chi connectivity index (χ0) is 18.7. The van der Waals surface area contributed by atoms with E-state index in [0.29, 0.717) is 13.1 Å². The lowest BCUT2D eigenvalue weighted by Crippen LogP contribution is -2.33. The van der Waals surface area contributed by atoms with Crippen LogP contribution in [0.3, 0.4) is 0 Å². The first-order valence-corrected chi connectivity index (χ1v) is 8.40. The van der Waals surface area contributed by atoms with Crippen molar-refractivity contribution in [3.8, 4) is 0 Å². The van der Waals surface area contributed by atoms with Crippen molar-refractivity contribution in [2.24, 2.45) is 0 Å². The maximum atomic E-state index is 12.9. The monoisotopic (exact) mass is 347 g/mol. The molecule has 8 heteroatoms. The topological polar surface area (TPSA) is 93.3 Å². The van der Waals surface area contributed by atoms with Gasteiger partial charge in [0.15, 0.2) is 0 Å². The van der Waals surface area contributed by atoms with E-state index in [1.54, 1.807) is 11.0 Å². The maximum Gasteiger partial charge on any atom is 0.328 e. The van der Waals surface area contributed by atoms with E-state index in [1.807, 2.05) is 32.4 Å². The highest BCUT2D eigenvalue weighted by atomic mass is 16.4. The Morgan fingerprint density at radius 2 is 2.00 bits per heavy atom. The molecule has 0 bridgehead atoms. The second-order valence-corrected chi connectivity index (χ2v) is 5.96. The Morgan fingerprint density at radius 1 is 1.32 bits per heavy atom. The molecule has 2 rings (SSSR count). The fourth-order valence-electron chi connectivity index (χ4n) is 2.85. The molecule has 1 N–H and O–H groups in total. The predicted octanol–water partition coefficient (Wildman–Crippen LogP) is 2.02. The van der Waals surface area contributed by atoms with E-state index in [0.717, 1.165) is 23.5 Å². The summed E-state index contributed by atoms with van der Waals surface area (Å²) in [5.41, 5.74) is 3.24. The number of hydrogen-bond donors (Lipinski definition) is 1. The highest BCUT2D eigenvalue weighted by molar-refractivity contribution is 5.93. The smallest absolute Gasteiger partial charge is 0.328 e. The lowest BCUT2D eigenvalue weighted by atomic mass is 10.1. The van der Waals surface area contributed by atoms with Crippen LogP contribution in [0.15, 0.2) is 12.3 Å². The normalized spacial score (nSPS) is 12.2. The number of carboxylic acid groups (broad SMARTS) is 1. The van der Waals surface area contributed by atoms with Crippen LogP contribution in [0.25, 0.3) is 0 Å². The van der Waals surface area contributed by atoms with Crippen LogP contribution in [0.1, 0.15) is 54.3 Å². The molecular weight excluding hydrogens is 322 g/mol. The Kier molecular flexibility index (Phi) is 5.61. The molecule has 0 fully saturated rings. The van der Waals surface area contributed by atoms with Crippen LogP contribution < -0.4 is 0 Å². The molecule has 0 radical (unpaired) electrons. The standard InChI is InChI=1S/C17H25N5O3/c1-6-20(10-14-11(3)19-21(7-2)12(14)4)16(23)15-8-9-18-22(15)13(5)17(24)25/h8-9,13H,6-7,10H2,1-5H3,(H,24,25). The molecule has 1 unspecified atom stereocenters. The number of carbonyl (C=O) groups is 2. The Labute approximate surface area is 147 Å². The Bertz CT molecular complexity index is 777. The highest BCUT2D eigenvalue weighted by Gasteiger charge is 2.25. The first-order valence-electron chi connectivity index (χ1n) is 8.40. The van der Waals surface area contributed by atoms with Crippen LogP contribution in [-0.2, 0) is 17.9 Å². The van der Waals surface area contributed by atoms with Crippen molar-refractivity contribution < 1.29 is 14.7 Å². The van der Waals surface area contributed by atoms with Crippen LogP contribution in [0, 0.1) is 13.8 Å². The van der Waals surface area contributed by atoms with Crippen LogP contribution in [0.4, 0.5) is 0 Å². The molecule has 136 valence electrons. The van der Waals surface area contributed by atoms with E-state index in [-0.39, 0.29) is 11.6 Å². The van der Waals surface area contributed by atoms with E-state index in [2.05, 4.69) is 10.2 Å². The number of aryl methyl sites for hydroxylation is 2. The molecule has 0 aromatic carbocycles. The fraction of sp³-hybridized carbons (Fsp3) is 0.529. The summed E-state index contributed by atoms with van der Waals surface area (Å²) >= 11 is 0. The van der Waals surface area contributed by atoms with Crippen molar-refractivity contribution in [2.45, 2.75) is 53.8 Å².